The summed E-state index contributed by atoms with van der Waals surface area (Å²) in [5, 5.41) is 3.61. The number of piperidine rings is 1. The minimum atomic E-state index is 0.607. The van der Waals surface area contributed by atoms with E-state index in [0.717, 1.165) is 18.4 Å². The van der Waals surface area contributed by atoms with E-state index in [9.17, 15) is 0 Å². The highest BCUT2D eigenvalue weighted by atomic mass is 15.1. The van der Waals surface area contributed by atoms with Crippen LogP contribution in [-0.2, 0) is 6.54 Å². The molecule has 1 atom stereocenters. The van der Waals surface area contributed by atoms with Crippen molar-refractivity contribution in [1.82, 2.24) is 10.2 Å². The standard InChI is InChI=1S/C19H30N2/c1-15(2)20-12-16-6-5-11-21(13-16)14-18-7-3-4-8-19(18)17-9-10-17/h3-4,7-8,15-17,20H,5-6,9-14H2,1-2H3. The average molecular weight is 286 g/mol. The molecule has 1 N–H and O–H groups in total. The van der Waals surface area contributed by atoms with Gasteiger partial charge in [-0.05, 0) is 61.7 Å². The number of nitrogens with one attached hydrogen (secondary N) is 1. The van der Waals surface area contributed by atoms with Gasteiger partial charge in [0.15, 0.2) is 0 Å². The molecule has 0 aromatic heterocycles. The molecule has 0 bridgehead atoms. The van der Waals surface area contributed by atoms with E-state index in [4.69, 9.17) is 0 Å². The zero-order valence-corrected chi connectivity index (χ0v) is 13.6. The Bertz CT molecular complexity index is 451. The molecule has 2 nitrogen and oxygen atoms in total. The minimum Gasteiger partial charge on any atom is -0.314 e. The van der Waals surface area contributed by atoms with Gasteiger partial charge in [0.1, 0.15) is 0 Å². The van der Waals surface area contributed by atoms with E-state index in [2.05, 4.69) is 48.3 Å². The van der Waals surface area contributed by atoms with Gasteiger partial charge in [0, 0.05) is 19.1 Å². The van der Waals surface area contributed by atoms with Gasteiger partial charge in [-0.15, -0.1) is 0 Å². The lowest BCUT2D eigenvalue weighted by Gasteiger charge is -2.33. The molecule has 3 rings (SSSR count). The maximum atomic E-state index is 3.61. The maximum absolute atomic E-state index is 3.61. The summed E-state index contributed by atoms with van der Waals surface area (Å²) in [6.07, 6.45) is 5.55. The average Bonchev–Trinajstić information content (AvgIpc) is 3.31. The van der Waals surface area contributed by atoms with Crippen LogP contribution in [0.5, 0.6) is 0 Å². The van der Waals surface area contributed by atoms with Gasteiger partial charge in [0.05, 0.1) is 0 Å². The first-order valence-electron chi connectivity index (χ1n) is 8.76. The summed E-state index contributed by atoms with van der Waals surface area (Å²) in [5.41, 5.74) is 3.21. The molecule has 2 aliphatic rings. The van der Waals surface area contributed by atoms with Crippen molar-refractivity contribution in [2.24, 2.45) is 5.92 Å². The zero-order chi connectivity index (χ0) is 14.7. The smallest absolute Gasteiger partial charge is 0.0236 e. The summed E-state index contributed by atoms with van der Waals surface area (Å²) >= 11 is 0. The Labute approximate surface area is 129 Å². The summed E-state index contributed by atoms with van der Waals surface area (Å²) in [6.45, 7) is 9.36. The number of hydrogen-bond acceptors (Lipinski definition) is 2. The highest BCUT2D eigenvalue weighted by Gasteiger charge is 2.27. The Morgan fingerprint density at radius 2 is 2.00 bits per heavy atom. The summed E-state index contributed by atoms with van der Waals surface area (Å²) in [6, 6.07) is 9.74. The zero-order valence-electron chi connectivity index (χ0n) is 13.6. The second-order valence-corrected chi connectivity index (χ2v) is 7.28. The molecule has 2 heteroatoms. The second kappa shape index (κ2) is 6.93. The number of benzene rings is 1. The quantitative estimate of drug-likeness (QED) is 0.856. The first kappa shape index (κ1) is 15.1. The third kappa shape index (κ3) is 4.31. The second-order valence-electron chi connectivity index (χ2n) is 7.28. The summed E-state index contributed by atoms with van der Waals surface area (Å²) < 4.78 is 0. The van der Waals surface area contributed by atoms with Crippen molar-refractivity contribution in [2.75, 3.05) is 19.6 Å². The molecule has 0 radical (unpaired) electrons. The third-order valence-corrected chi connectivity index (χ3v) is 4.88. The van der Waals surface area contributed by atoms with Crippen molar-refractivity contribution < 1.29 is 0 Å². The monoisotopic (exact) mass is 286 g/mol. The van der Waals surface area contributed by atoms with Gasteiger partial charge in [-0.25, -0.2) is 0 Å². The molecule has 1 heterocycles. The minimum absolute atomic E-state index is 0.607. The predicted molar refractivity (Wildman–Crippen MR) is 89.6 cm³/mol. The van der Waals surface area contributed by atoms with E-state index in [1.54, 1.807) is 11.1 Å². The number of likely N-dealkylation sites (tertiary alicyclic amines) is 1. The summed E-state index contributed by atoms with van der Waals surface area (Å²) in [5.74, 6) is 1.69. The highest BCUT2D eigenvalue weighted by molar-refractivity contribution is 5.33. The van der Waals surface area contributed by atoms with Gasteiger partial charge in [-0.2, -0.15) is 0 Å². The normalized spacial score (nSPS) is 23.7. The summed E-state index contributed by atoms with van der Waals surface area (Å²) in [7, 11) is 0. The van der Waals surface area contributed by atoms with Gasteiger partial charge >= 0.3 is 0 Å². The molecule has 1 aliphatic heterocycles. The van der Waals surface area contributed by atoms with Gasteiger partial charge in [0.2, 0.25) is 0 Å². The molecule has 1 aromatic carbocycles. The fourth-order valence-corrected chi connectivity index (χ4v) is 3.58. The van der Waals surface area contributed by atoms with Crippen molar-refractivity contribution in [3.63, 3.8) is 0 Å². The van der Waals surface area contributed by atoms with Crippen LogP contribution < -0.4 is 5.32 Å². The first-order valence-corrected chi connectivity index (χ1v) is 8.76. The topological polar surface area (TPSA) is 15.3 Å². The van der Waals surface area contributed by atoms with Crippen LogP contribution in [0, 0.1) is 5.92 Å². The van der Waals surface area contributed by atoms with E-state index in [-0.39, 0.29) is 0 Å². The number of hydrogen-bond donors (Lipinski definition) is 1. The van der Waals surface area contributed by atoms with E-state index in [1.165, 1.54) is 45.3 Å². The summed E-state index contributed by atoms with van der Waals surface area (Å²) in [4.78, 5) is 2.68. The lowest BCUT2D eigenvalue weighted by atomic mass is 9.96. The molecule has 1 aromatic rings. The van der Waals surface area contributed by atoms with Crippen molar-refractivity contribution >= 4 is 0 Å². The van der Waals surface area contributed by atoms with E-state index < -0.39 is 0 Å². The highest BCUT2D eigenvalue weighted by Crippen LogP contribution is 2.41. The lowest BCUT2D eigenvalue weighted by Crippen LogP contribution is -2.40. The fourth-order valence-electron chi connectivity index (χ4n) is 3.58. The molecule has 1 saturated carbocycles. The van der Waals surface area contributed by atoms with Crippen LogP contribution in [0.2, 0.25) is 0 Å². The largest absolute Gasteiger partial charge is 0.314 e. The third-order valence-electron chi connectivity index (χ3n) is 4.88. The van der Waals surface area contributed by atoms with Crippen LogP contribution in [0.4, 0.5) is 0 Å². The Hall–Kier alpha value is -0.860. The molecule has 0 amide bonds. The van der Waals surface area contributed by atoms with Crippen molar-refractivity contribution in [1.29, 1.82) is 0 Å². The Morgan fingerprint density at radius 3 is 2.76 bits per heavy atom. The van der Waals surface area contributed by atoms with E-state index >= 15 is 0 Å². The number of rotatable bonds is 6. The van der Waals surface area contributed by atoms with Crippen molar-refractivity contribution in [2.45, 2.75) is 58.0 Å². The van der Waals surface area contributed by atoms with Crippen LogP contribution in [0.1, 0.15) is 56.6 Å². The van der Waals surface area contributed by atoms with Gasteiger partial charge in [0.25, 0.3) is 0 Å². The molecule has 21 heavy (non-hydrogen) atoms. The Morgan fingerprint density at radius 1 is 1.19 bits per heavy atom. The fraction of sp³-hybridized carbons (Fsp3) is 0.684. The SMILES string of the molecule is CC(C)NCC1CCCN(Cc2ccccc2C2CC2)C1. The lowest BCUT2D eigenvalue weighted by molar-refractivity contribution is 0.163. The van der Waals surface area contributed by atoms with Gasteiger partial charge in [-0.1, -0.05) is 38.1 Å². The van der Waals surface area contributed by atoms with Crippen LogP contribution in [0.3, 0.4) is 0 Å². The molecular weight excluding hydrogens is 256 g/mol. The molecule has 116 valence electrons. The molecule has 1 saturated heterocycles. The molecule has 0 spiro atoms. The number of nitrogens with zero attached hydrogens (tertiary/aromatic N) is 1. The van der Waals surface area contributed by atoms with Crippen LogP contribution in [0.15, 0.2) is 24.3 Å². The van der Waals surface area contributed by atoms with Crippen LogP contribution in [-0.4, -0.2) is 30.6 Å². The molecule has 1 aliphatic carbocycles. The molecule has 2 fully saturated rings. The maximum Gasteiger partial charge on any atom is 0.0236 e. The van der Waals surface area contributed by atoms with Crippen LogP contribution in [0.25, 0.3) is 0 Å². The van der Waals surface area contributed by atoms with Gasteiger partial charge in [-0.3, -0.25) is 4.90 Å². The van der Waals surface area contributed by atoms with Crippen molar-refractivity contribution in [3.8, 4) is 0 Å². The Kier molecular flexibility index (Phi) is 4.97. The Balaban J connectivity index is 1.57. The molecular formula is C19H30N2. The van der Waals surface area contributed by atoms with Gasteiger partial charge < -0.3 is 5.32 Å². The predicted octanol–water partition coefficient (Wildman–Crippen LogP) is 3.77. The molecule has 1 unspecified atom stereocenters. The van der Waals surface area contributed by atoms with Crippen molar-refractivity contribution in [3.05, 3.63) is 35.4 Å². The van der Waals surface area contributed by atoms with E-state index in [1.807, 2.05) is 0 Å². The first-order chi connectivity index (χ1) is 10.2. The van der Waals surface area contributed by atoms with E-state index in [0.29, 0.717) is 6.04 Å². The van der Waals surface area contributed by atoms with Crippen LogP contribution >= 0.6 is 0 Å².